The van der Waals surface area contributed by atoms with E-state index in [9.17, 15) is 0 Å². The lowest BCUT2D eigenvalue weighted by atomic mass is 9.95. The van der Waals surface area contributed by atoms with Gasteiger partial charge in [0.2, 0.25) is 0 Å². The fourth-order valence-corrected chi connectivity index (χ4v) is 6.56. The molecule has 0 amide bonds. The predicted octanol–water partition coefficient (Wildman–Crippen LogP) is 6.73. The van der Waals surface area contributed by atoms with Gasteiger partial charge in [-0.1, -0.05) is 42.5 Å². The van der Waals surface area contributed by atoms with E-state index >= 15 is 0 Å². The number of nitrogens with zero attached hydrogens (tertiary/aromatic N) is 4. The van der Waals surface area contributed by atoms with E-state index in [1.807, 2.05) is 24.7 Å². The molecule has 162 valence electrons. The first-order chi connectivity index (χ1) is 17.4. The molecule has 0 saturated carbocycles. The molecule has 0 atom stereocenters. The lowest BCUT2D eigenvalue weighted by Gasteiger charge is -2.09. The number of aromatic nitrogens is 4. The summed E-state index contributed by atoms with van der Waals surface area (Å²) in [5, 5.41) is 3.30. The molecule has 9 rings (SSSR count). The van der Waals surface area contributed by atoms with E-state index in [0.717, 1.165) is 45.8 Å². The first-order valence-corrected chi connectivity index (χ1v) is 12.0. The molecule has 0 bridgehead atoms. The van der Waals surface area contributed by atoms with Crippen molar-refractivity contribution in [2.75, 3.05) is 0 Å². The van der Waals surface area contributed by atoms with Crippen molar-refractivity contribution in [3.8, 4) is 22.3 Å². The zero-order chi connectivity index (χ0) is 22.7. The van der Waals surface area contributed by atoms with E-state index in [2.05, 4.69) is 70.0 Å². The van der Waals surface area contributed by atoms with Crippen LogP contribution in [-0.2, 0) is 12.8 Å². The van der Waals surface area contributed by atoms with Gasteiger partial charge in [-0.2, -0.15) is 0 Å². The van der Waals surface area contributed by atoms with E-state index in [1.165, 1.54) is 50.0 Å². The summed E-state index contributed by atoms with van der Waals surface area (Å²) in [6, 6.07) is 24.2. The number of imidazole rings is 1. The van der Waals surface area contributed by atoms with Crippen molar-refractivity contribution < 1.29 is 0 Å². The standard InChI is InChI=1S/C31H18N4/c1-2-5-19-17(4-1)14-18-7-8-20-21-9-10-27-29(25(21)15-24(20)28(18)19)35-30-22(6-3-12-33-30)26-16-32-13-11-23(26)31(35)34-27/h1-13,16H,14-15H2. The molecular formula is C31H18N4. The SMILES string of the molecule is c1ccc2c(c1)Cc1ccc3c(c1-2)Cc1c-3ccc2nc3c4ccncc4c4cccnc4n3c12. The van der Waals surface area contributed by atoms with Crippen LogP contribution in [0, 0.1) is 0 Å². The molecule has 0 fully saturated rings. The molecule has 4 heteroatoms. The molecule has 4 nitrogen and oxygen atoms in total. The number of hydrogen-bond acceptors (Lipinski definition) is 3. The van der Waals surface area contributed by atoms with Crippen molar-refractivity contribution in [2.45, 2.75) is 12.8 Å². The molecule has 3 aromatic carbocycles. The van der Waals surface area contributed by atoms with Gasteiger partial charge in [-0.15, -0.1) is 0 Å². The topological polar surface area (TPSA) is 43.1 Å². The zero-order valence-electron chi connectivity index (χ0n) is 18.8. The van der Waals surface area contributed by atoms with Gasteiger partial charge in [0, 0.05) is 41.2 Å². The molecule has 2 aliphatic carbocycles. The predicted molar refractivity (Wildman–Crippen MR) is 140 cm³/mol. The molecule has 0 radical (unpaired) electrons. The van der Waals surface area contributed by atoms with E-state index in [1.54, 1.807) is 0 Å². The van der Waals surface area contributed by atoms with Crippen molar-refractivity contribution >= 4 is 38.5 Å². The molecule has 0 spiro atoms. The van der Waals surface area contributed by atoms with Crippen LogP contribution in [0.1, 0.15) is 22.3 Å². The van der Waals surface area contributed by atoms with Crippen molar-refractivity contribution in [1.29, 1.82) is 0 Å². The maximum atomic E-state index is 5.14. The summed E-state index contributed by atoms with van der Waals surface area (Å²) in [6.07, 6.45) is 7.59. The van der Waals surface area contributed by atoms with Gasteiger partial charge < -0.3 is 0 Å². The first kappa shape index (κ1) is 17.8. The van der Waals surface area contributed by atoms with E-state index < -0.39 is 0 Å². The highest BCUT2D eigenvalue weighted by atomic mass is 15.1. The van der Waals surface area contributed by atoms with Gasteiger partial charge in [0.25, 0.3) is 0 Å². The minimum atomic E-state index is 0.913. The first-order valence-electron chi connectivity index (χ1n) is 12.0. The average Bonchev–Trinajstić information content (AvgIpc) is 3.59. The molecule has 4 heterocycles. The van der Waals surface area contributed by atoms with Gasteiger partial charge in [0.05, 0.1) is 11.0 Å². The van der Waals surface area contributed by atoms with Crippen molar-refractivity contribution in [2.24, 2.45) is 0 Å². The van der Waals surface area contributed by atoms with Gasteiger partial charge in [0.1, 0.15) is 11.3 Å². The van der Waals surface area contributed by atoms with Gasteiger partial charge >= 0.3 is 0 Å². The summed E-state index contributed by atoms with van der Waals surface area (Å²) in [5.74, 6) is 0. The Balaban J connectivity index is 1.42. The highest BCUT2D eigenvalue weighted by Gasteiger charge is 2.30. The van der Waals surface area contributed by atoms with Gasteiger partial charge in [-0.05, 0) is 75.2 Å². The monoisotopic (exact) mass is 446 g/mol. The maximum absolute atomic E-state index is 5.14. The summed E-state index contributed by atoms with van der Waals surface area (Å²) < 4.78 is 2.28. The second kappa shape index (κ2) is 6.10. The Morgan fingerprint density at radius 1 is 0.629 bits per heavy atom. The van der Waals surface area contributed by atoms with Crippen LogP contribution in [-0.4, -0.2) is 19.4 Å². The molecule has 35 heavy (non-hydrogen) atoms. The molecule has 0 saturated heterocycles. The third-order valence-corrected chi connectivity index (χ3v) is 7.98. The normalized spacial score (nSPS) is 13.5. The fraction of sp³-hybridized carbons (Fsp3) is 0.0645. The molecule has 0 N–H and O–H groups in total. The van der Waals surface area contributed by atoms with E-state index in [4.69, 9.17) is 9.97 Å². The van der Waals surface area contributed by atoms with Crippen LogP contribution in [0.4, 0.5) is 0 Å². The van der Waals surface area contributed by atoms with Crippen LogP contribution in [0.25, 0.3) is 60.7 Å². The molecule has 0 aliphatic heterocycles. The highest BCUT2D eigenvalue weighted by Crippen LogP contribution is 2.49. The Hall–Kier alpha value is -4.57. The van der Waals surface area contributed by atoms with Crippen LogP contribution in [0.15, 0.2) is 85.3 Å². The second-order valence-electron chi connectivity index (χ2n) is 9.66. The third kappa shape index (κ3) is 2.11. The maximum Gasteiger partial charge on any atom is 0.147 e. The third-order valence-electron chi connectivity index (χ3n) is 7.98. The smallest absolute Gasteiger partial charge is 0.147 e. The van der Waals surface area contributed by atoms with E-state index in [0.29, 0.717) is 0 Å². The van der Waals surface area contributed by atoms with Crippen LogP contribution < -0.4 is 0 Å². The molecule has 2 aliphatic rings. The summed E-state index contributed by atoms with van der Waals surface area (Å²) in [4.78, 5) is 14.4. The van der Waals surface area contributed by atoms with Crippen molar-refractivity contribution in [3.63, 3.8) is 0 Å². The van der Waals surface area contributed by atoms with Crippen LogP contribution >= 0.6 is 0 Å². The minimum absolute atomic E-state index is 0.913. The molecule has 4 aromatic heterocycles. The van der Waals surface area contributed by atoms with Crippen LogP contribution in [0.3, 0.4) is 0 Å². The number of rotatable bonds is 0. The van der Waals surface area contributed by atoms with Crippen LogP contribution in [0.2, 0.25) is 0 Å². The second-order valence-corrected chi connectivity index (χ2v) is 9.66. The molecular weight excluding hydrogens is 428 g/mol. The Morgan fingerprint density at radius 3 is 2.51 bits per heavy atom. The van der Waals surface area contributed by atoms with Crippen LogP contribution in [0.5, 0.6) is 0 Å². The quantitative estimate of drug-likeness (QED) is 0.243. The summed E-state index contributed by atoms with van der Waals surface area (Å²) in [6.45, 7) is 0. The molecule has 0 unspecified atom stereocenters. The lowest BCUT2D eigenvalue weighted by Crippen LogP contribution is -1.96. The van der Waals surface area contributed by atoms with Gasteiger partial charge in [-0.25, -0.2) is 9.97 Å². The van der Waals surface area contributed by atoms with Gasteiger partial charge in [0.15, 0.2) is 0 Å². The Labute approximate surface area is 200 Å². The average molecular weight is 447 g/mol. The number of fused-ring (bicyclic) bond motifs is 16. The number of benzene rings is 3. The zero-order valence-corrected chi connectivity index (χ0v) is 18.8. The molecule has 7 aromatic rings. The number of pyridine rings is 3. The van der Waals surface area contributed by atoms with Crippen molar-refractivity contribution in [3.05, 3.63) is 108 Å². The summed E-state index contributed by atoms with van der Waals surface area (Å²) in [5.41, 5.74) is 15.3. The van der Waals surface area contributed by atoms with Gasteiger partial charge in [-0.3, -0.25) is 9.38 Å². The summed E-state index contributed by atoms with van der Waals surface area (Å²) in [7, 11) is 0. The Kier molecular flexibility index (Phi) is 3.11. The number of hydrogen-bond donors (Lipinski definition) is 0. The Morgan fingerprint density at radius 2 is 1.51 bits per heavy atom. The lowest BCUT2D eigenvalue weighted by molar-refractivity contribution is 1.20. The largest absolute Gasteiger partial charge is 0.275 e. The van der Waals surface area contributed by atoms with E-state index in [-0.39, 0.29) is 0 Å². The fourth-order valence-electron chi connectivity index (χ4n) is 6.56. The summed E-state index contributed by atoms with van der Waals surface area (Å²) >= 11 is 0. The highest BCUT2D eigenvalue weighted by molar-refractivity contribution is 6.13. The Bertz CT molecular complexity index is 2070. The minimum Gasteiger partial charge on any atom is -0.275 e. The van der Waals surface area contributed by atoms with Crippen molar-refractivity contribution in [1.82, 2.24) is 19.4 Å².